The Morgan fingerprint density at radius 2 is 2.06 bits per heavy atom. The number of carbonyl (C=O) groups is 1. The molecule has 0 aliphatic rings. The summed E-state index contributed by atoms with van der Waals surface area (Å²) in [5, 5.41) is 0. The van der Waals surface area contributed by atoms with Gasteiger partial charge in [0.1, 0.15) is 10.6 Å². The Morgan fingerprint density at radius 3 is 2.47 bits per heavy atom. The molecule has 0 fully saturated rings. The Labute approximate surface area is 98.3 Å². The normalized spacial score (nSPS) is 11.3. The molecule has 2 N–H and O–H groups in total. The quantitative estimate of drug-likeness (QED) is 0.792. The second-order valence-electron chi connectivity index (χ2n) is 3.36. The van der Waals surface area contributed by atoms with Crippen molar-refractivity contribution in [3.05, 3.63) is 23.5 Å². The average Bonchev–Trinajstić information content (AvgIpc) is 2.25. The smallest absolute Gasteiger partial charge is 0.182 e. The summed E-state index contributed by atoms with van der Waals surface area (Å²) in [7, 11) is -2.62. The van der Waals surface area contributed by atoms with Crippen LogP contribution in [0.25, 0.3) is 0 Å². The van der Waals surface area contributed by atoms with Crippen molar-refractivity contribution in [2.75, 3.05) is 19.9 Å². The number of methoxy groups -OCH3 is 1. The summed E-state index contributed by atoms with van der Waals surface area (Å²) in [6.07, 6.45) is 0.838. The second kappa shape index (κ2) is 4.80. The van der Waals surface area contributed by atoms with E-state index < -0.39 is 32.9 Å². The van der Waals surface area contributed by atoms with E-state index in [4.69, 9.17) is 10.5 Å². The predicted octanol–water partition coefficient (Wildman–Crippen LogP) is 0.379. The maximum absolute atomic E-state index is 13.9. The number of benzene rings is 1. The highest BCUT2D eigenvalue weighted by Crippen LogP contribution is 2.28. The van der Waals surface area contributed by atoms with Crippen LogP contribution in [0, 0.1) is 5.82 Å². The zero-order valence-corrected chi connectivity index (χ0v) is 10.2. The van der Waals surface area contributed by atoms with E-state index in [2.05, 4.69) is 0 Å². The number of carbonyl (C=O) groups excluding carboxylic acids is 1. The molecule has 5 nitrogen and oxygen atoms in total. The van der Waals surface area contributed by atoms with E-state index in [0.717, 1.165) is 12.3 Å². The lowest BCUT2D eigenvalue weighted by Crippen LogP contribution is -2.17. The monoisotopic (exact) mass is 261 g/mol. The molecule has 0 aliphatic heterocycles. The maximum Gasteiger partial charge on any atom is 0.182 e. The van der Waals surface area contributed by atoms with Crippen LogP contribution in [0.15, 0.2) is 17.0 Å². The van der Waals surface area contributed by atoms with Crippen molar-refractivity contribution < 1.29 is 22.3 Å². The molecule has 0 bridgehead atoms. The molecule has 0 aromatic heterocycles. The zero-order chi connectivity index (χ0) is 13.2. The van der Waals surface area contributed by atoms with Gasteiger partial charge in [-0.2, -0.15) is 0 Å². The second-order valence-corrected chi connectivity index (χ2v) is 5.31. The van der Waals surface area contributed by atoms with E-state index in [0.29, 0.717) is 0 Å². The van der Waals surface area contributed by atoms with Crippen LogP contribution in [0.1, 0.15) is 10.4 Å². The molecule has 1 aromatic carbocycles. The molecular weight excluding hydrogens is 249 g/mol. The van der Waals surface area contributed by atoms with Crippen LogP contribution < -0.4 is 10.5 Å². The summed E-state index contributed by atoms with van der Waals surface area (Å²) in [5.41, 5.74) is 4.75. The standard InChI is InChI=1S/C10H12FNO4S/c1-16-8-4-3-6(7(13)5-12)9(11)10(8)17(2,14)15/h3-4H,5,12H2,1-2H3. The number of nitrogens with two attached hydrogens (primary N) is 1. The molecular formula is C10H12FNO4S. The highest BCUT2D eigenvalue weighted by Gasteiger charge is 2.24. The lowest BCUT2D eigenvalue weighted by Gasteiger charge is -2.10. The first-order valence-corrected chi connectivity index (χ1v) is 6.52. The predicted molar refractivity (Wildman–Crippen MR) is 59.4 cm³/mol. The molecule has 0 spiro atoms. The van der Waals surface area contributed by atoms with E-state index in [1.807, 2.05) is 0 Å². The molecule has 1 aromatic rings. The number of hydrogen-bond acceptors (Lipinski definition) is 5. The minimum Gasteiger partial charge on any atom is -0.495 e. The number of ether oxygens (including phenoxy) is 1. The van der Waals surface area contributed by atoms with Gasteiger partial charge in [-0.15, -0.1) is 0 Å². The lowest BCUT2D eigenvalue weighted by atomic mass is 10.1. The Kier molecular flexibility index (Phi) is 3.84. The molecule has 17 heavy (non-hydrogen) atoms. The largest absolute Gasteiger partial charge is 0.495 e. The van der Waals surface area contributed by atoms with Gasteiger partial charge in [-0.25, -0.2) is 12.8 Å². The summed E-state index contributed by atoms with van der Waals surface area (Å²) >= 11 is 0. The van der Waals surface area contributed by atoms with Crippen LogP contribution in [-0.4, -0.2) is 34.1 Å². The van der Waals surface area contributed by atoms with E-state index in [-0.39, 0.29) is 11.3 Å². The molecule has 0 amide bonds. The first-order valence-electron chi connectivity index (χ1n) is 4.62. The van der Waals surface area contributed by atoms with Gasteiger partial charge in [0.25, 0.3) is 0 Å². The van der Waals surface area contributed by atoms with E-state index in [1.54, 1.807) is 0 Å². The van der Waals surface area contributed by atoms with Crippen LogP contribution in [0.2, 0.25) is 0 Å². The van der Waals surface area contributed by atoms with Crippen LogP contribution in [0.4, 0.5) is 4.39 Å². The molecule has 0 aliphatic carbocycles. The molecule has 1 rings (SSSR count). The topological polar surface area (TPSA) is 86.5 Å². The van der Waals surface area contributed by atoms with Gasteiger partial charge in [-0.1, -0.05) is 0 Å². The number of rotatable bonds is 4. The highest BCUT2D eigenvalue weighted by molar-refractivity contribution is 7.90. The third-order valence-electron chi connectivity index (χ3n) is 2.14. The highest BCUT2D eigenvalue weighted by atomic mass is 32.2. The van der Waals surface area contributed by atoms with Crippen molar-refractivity contribution in [3.63, 3.8) is 0 Å². The fraction of sp³-hybridized carbons (Fsp3) is 0.300. The first-order chi connectivity index (χ1) is 7.82. The molecule has 0 unspecified atom stereocenters. The van der Waals surface area contributed by atoms with Gasteiger partial charge in [0, 0.05) is 6.26 Å². The molecule has 94 valence electrons. The maximum atomic E-state index is 13.9. The summed E-state index contributed by atoms with van der Waals surface area (Å²) in [6.45, 7) is -0.396. The Morgan fingerprint density at radius 1 is 1.47 bits per heavy atom. The number of Topliss-reactive ketones (excluding diaryl/α,β-unsaturated/α-hetero) is 1. The van der Waals surface area contributed by atoms with Gasteiger partial charge < -0.3 is 10.5 Å². The van der Waals surface area contributed by atoms with Crippen molar-refractivity contribution in [1.29, 1.82) is 0 Å². The molecule has 0 radical (unpaired) electrons. The number of hydrogen-bond donors (Lipinski definition) is 1. The Bertz CT molecular complexity index is 554. The fourth-order valence-corrected chi connectivity index (χ4v) is 2.32. The molecule has 0 atom stereocenters. The Balaban J connectivity index is 3.60. The summed E-state index contributed by atoms with van der Waals surface area (Å²) in [4.78, 5) is 10.7. The van der Waals surface area contributed by atoms with Crippen molar-refractivity contribution in [2.45, 2.75) is 4.90 Å². The van der Waals surface area contributed by atoms with Crippen molar-refractivity contribution in [3.8, 4) is 5.75 Å². The summed E-state index contributed by atoms with van der Waals surface area (Å²) < 4.78 is 41.5. The number of ketones is 1. The summed E-state index contributed by atoms with van der Waals surface area (Å²) in [5.74, 6) is -1.93. The van der Waals surface area contributed by atoms with Crippen molar-refractivity contribution in [1.82, 2.24) is 0 Å². The van der Waals surface area contributed by atoms with Crippen LogP contribution in [-0.2, 0) is 9.84 Å². The zero-order valence-electron chi connectivity index (χ0n) is 9.36. The SMILES string of the molecule is COc1ccc(C(=O)CN)c(F)c1S(C)(=O)=O. The van der Waals surface area contributed by atoms with E-state index >= 15 is 0 Å². The van der Waals surface area contributed by atoms with Crippen molar-refractivity contribution in [2.24, 2.45) is 5.73 Å². The van der Waals surface area contributed by atoms with Gasteiger partial charge in [-0.3, -0.25) is 4.79 Å². The van der Waals surface area contributed by atoms with E-state index in [1.165, 1.54) is 13.2 Å². The molecule has 0 saturated heterocycles. The minimum atomic E-state index is -3.83. The van der Waals surface area contributed by atoms with Gasteiger partial charge in [0.2, 0.25) is 0 Å². The third-order valence-corrected chi connectivity index (χ3v) is 3.26. The van der Waals surface area contributed by atoms with Crippen molar-refractivity contribution >= 4 is 15.6 Å². The van der Waals surface area contributed by atoms with Crippen LogP contribution in [0.3, 0.4) is 0 Å². The van der Waals surface area contributed by atoms with Gasteiger partial charge >= 0.3 is 0 Å². The molecule has 0 saturated carbocycles. The molecule has 0 heterocycles. The third kappa shape index (κ3) is 2.62. The fourth-order valence-electron chi connectivity index (χ4n) is 1.37. The Hall–Kier alpha value is -1.47. The summed E-state index contributed by atoms with van der Waals surface area (Å²) in [6, 6.07) is 2.38. The van der Waals surface area contributed by atoms with Gasteiger partial charge in [0.05, 0.1) is 19.2 Å². The lowest BCUT2D eigenvalue weighted by molar-refractivity contribution is 0.0997. The number of halogens is 1. The van der Waals surface area contributed by atoms with Crippen LogP contribution >= 0.6 is 0 Å². The van der Waals surface area contributed by atoms with Gasteiger partial charge in [0.15, 0.2) is 21.4 Å². The average molecular weight is 261 g/mol. The first kappa shape index (κ1) is 13.6. The number of sulfone groups is 1. The van der Waals surface area contributed by atoms with Gasteiger partial charge in [-0.05, 0) is 12.1 Å². The van der Waals surface area contributed by atoms with E-state index in [9.17, 15) is 17.6 Å². The van der Waals surface area contributed by atoms with Crippen LogP contribution in [0.5, 0.6) is 5.75 Å². The minimum absolute atomic E-state index is 0.140. The molecule has 7 heteroatoms.